The molecule has 1 aromatic carbocycles. The standard InChI is InChI=1S/C16H25NO2S/c1-16(2,3)13-6-4-5-12(9-13)11-17-15-10-14(18)7-8-20(15)19/h4-6,9,14-15,17-18H,7-8,10-11H2,1-3H3. The second kappa shape index (κ2) is 6.37. The first-order valence-electron chi connectivity index (χ1n) is 7.24. The summed E-state index contributed by atoms with van der Waals surface area (Å²) in [4.78, 5) is 0. The van der Waals surface area contributed by atoms with Crippen LogP contribution < -0.4 is 5.32 Å². The van der Waals surface area contributed by atoms with Crippen LogP contribution in [0.5, 0.6) is 0 Å². The number of aliphatic hydroxyl groups is 1. The van der Waals surface area contributed by atoms with Crippen molar-refractivity contribution in [1.29, 1.82) is 0 Å². The first-order valence-corrected chi connectivity index (χ1v) is 8.62. The molecule has 1 aromatic rings. The molecule has 0 aromatic heterocycles. The fraction of sp³-hybridized carbons (Fsp3) is 0.625. The third-order valence-electron chi connectivity index (χ3n) is 3.78. The summed E-state index contributed by atoms with van der Waals surface area (Å²) in [6.07, 6.45) is 0.932. The van der Waals surface area contributed by atoms with Crippen molar-refractivity contribution in [3.63, 3.8) is 0 Å². The second-order valence-corrected chi connectivity index (χ2v) is 8.32. The van der Waals surface area contributed by atoms with E-state index in [0.717, 1.165) is 0 Å². The van der Waals surface area contributed by atoms with Gasteiger partial charge in [-0.15, -0.1) is 0 Å². The Morgan fingerprint density at radius 2 is 2.15 bits per heavy atom. The molecule has 0 spiro atoms. The number of rotatable bonds is 3. The Morgan fingerprint density at radius 1 is 1.40 bits per heavy atom. The van der Waals surface area contributed by atoms with Crippen LogP contribution >= 0.6 is 0 Å². The van der Waals surface area contributed by atoms with Gasteiger partial charge in [-0.2, -0.15) is 0 Å². The van der Waals surface area contributed by atoms with Crippen LogP contribution in [0.25, 0.3) is 0 Å². The summed E-state index contributed by atoms with van der Waals surface area (Å²) in [5, 5.41) is 12.9. The van der Waals surface area contributed by atoms with E-state index in [4.69, 9.17) is 0 Å². The van der Waals surface area contributed by atoms with Crippen molar-refractivity contribution in [2.45, 2.75) is 57.1 Å². The van der Waals surface area contributed by atoms with Crippen molar-refractivity contribution in [2.24, 2.45) is 0 Å². The lowest BCUT2D eigenvalue weighted by Gasteiger charge is -2.26. The maximum Gasteiger partial charge on any atom is 0.0862 e. The van der Waals surface area contributed by atoms with E-state index < -0.39 is 10.8 Å². The van der Waals surface area contributed by atoms with Gasteiger partial charge in [0.2, 0.25) is 0 Å². The van der Waals surface area contributed by atoms with Crippen molar-refractivity contribution in [3.8, 4) is 0 Å². The zero-order valence-corrected chi connectivity index (χ0v) is 13.4. The quantitative estimate of drug-likeness (QED) is 0.899. The number of aliphatic hydroxyl groups excluding tert-OH is 1. The van der Waals surface area contributed by atoms with Crippen LogP contribution in [0.4, 0.5) is 0 Å². The normalized spacial score (nSPS) is 27.5. The maximum atomic E-state index is 11.9. The van der Waals surface area contributed by atoms with Crippen LogP contribution in [-0.4, -0.2) is 26.5 Å². The molecule has 112 valence electrons. The predicted octanol–water partition coefficient (Wildman–Crippen LogP) is 2.30. The van der Waals surface area contributed by atoms with Gasteiger partial charge in [-0.25, -0.2) is 0 Å². The SMILES string of the molecule is CC(C)(C)c1cccc(CNC2CC(O)CCS2=O)c1. The number of hydrogen-bond donors (Lipinski definition) is 2. The van der Waals surface area contributed by atoms with E-state index >= 15 is 0 Å². The first-order chi connectivity index (χ1) is 9.36. The van der Waals surface area contributed by atoms with Crippen molar-refractivity contribution >= 4 is 10.8 Å². The maximum absolute atomic E-state index is 11.9. The van der Waals surface area contributed by atoms with E-state index in [1.165, 1.54) is 11.1 Å². The highest BCUT2D eigenvalue weighted by Crippen LogP contribution is 2.23. The molecule has 1 heterocycles. The van der Waals surface area contributed by atoms with Crippen molar-refractivity contribution < 1.29 is 9.32 Å². The van der Waals surface area contributed by atoms with Gasteiger partial charge in [-0.1, -0.05) is 45.0 Å². The molecule has 0 radical (unpaired) electrons. The minimum absolute atomic E-state index is 0.0861. The molecule has 2 rings (SSSR count). The molecule has 0 bridgehead atoms. The number of hydrogen-bond acceptors (Lipinski definition) is 3. The highest BCUT2D eigenvalue weighted by molar-refractivity contribution is 7.85. The zero-order chi connectivity index (χ0) is 14.8. The number of nitrogens with one attached hydrogen (secondary N) is 1. The van der Waals surface area contributed by atoms with Gasteiger partial charge >= 0.3 is 0 Å². The molecule has 1 fully saturated rings. The lowest BCUT2D eigenvalue weighted by Crippen LogP contribution is -2.41. The molecule has 1 aliphatic heterocycles. The highest BCUT2D eigenvalue weighted by atomic mass is 32.2. The molecule has 4 heteroatoms. The van der Waals surface area contributed by atoms with Crippen molar-refractivity contribution in [1.82, 2.24) is 5.32 Å². The van der Waals surface area contributed by atoms with Crippen molar-refractivity contribution in [3.05, 3.63) is 35.4 Å². The van der Waals surface area contributed by atoms with Gasteiger partial charge in [0.25, 0.3) is 0 Å². The zero-order valence-electron chi connectivity index (χ0n) is 12.6. The molecule has 0 amide bonds. The molecule has 0 aliphatic carbocycles. The largest absolute Gasteiger partial charge is 0.393 e. The van der Waals surface area contributed by atoms with Gasteiger partial charge < -0.3 is 5.11 Å². The Balaban J connectivity index is 1.98. The third-order valence-corrected chi connectivity index (χ3v) is 5.41. The van der Waals surface area contributed by atoms with E-state index in [-0.39, 0.29) is 16.9 Å². The summed E-state index contributed by atoms with van der Waals surface area (Å²) in [6.45, 7) is 7.30. The van der Waals surface area contributed by atoms with Gasteiger partial charge in [-0.3, -0.25) is 9.53 Å². The molecule has 2 N–H and O–H groups in total. The van der Waals surface area contributed by atoms with E-state index in [0.29, 0.717) is 25.1 Å². The monoisotopic (exact) mass is 295 g/mol. The van der Waals surface area contributed by atoms with Crippen molar-refractivity contribution in [2.75, 3.05) is 5.75 Å². The van der Waals surface area contributed by atoms with Gasteiger partial charge in [0.15, 0.2) is 0 Å². The fourth-order valence-electron chi connectivity index (χ4n) is 2.42. The lowest BCUT2D eigenvalue weighted by molar-refractivity contribution is 0.151. The topological polar surface area (TPSA) is 49.3 Å². The average molecular weight is 295 g/mol. The molecular formula is C16H25NO2S. The predicted molar refractivity (Wildman–Crippen MR) is 84.0 cm³/mol. The Hall–Kier alpha value is -0.710. The number of benzene rings is 1. The molecule has 20 heavy (non-hydrogen) atoms. The first kappa shape index (κ1) is 15.7. The van der Waals surface area contributed by atoms with Gasteiger partial charge in [-0.05, 0) is 23.0 Å². The van der Waals surface area contributed by atoms with Crippen LogP contribution in [0.15, 0.2) is 24.3 Å². The van der Waals surface area contributed by atoms with Crippen LogP contribution in [0, 0.1) is 0 Å². The Morgan fingerprint density at radius 3 is 2.85 bits per heavy atom. The van der Waals surface area contributed by atoms with Gasteiger partial charge in [0, 0.05) is 29.5 Å². The van der Waals surface area contributed by atoms with Crippen LogP contribution in [0.3, 0.4) is 0 Å². The van der Waals surface area contributed by atoms with E-state index in [9.17, 15) is 9.32 Å². The fourth-order valence-corrected chi connectivity index (χ4v) is 3.92. The van der Waals surface area contributed by atoms with Crippen LogP contribution in [0.2, 0.25) is 0 Å². The summed E-state index contributed by atoms with van der Waals surface area (Å²) >= 11 is 0. The molecular weight excluding hydrogens is 270 g/mol. The minimum Gasteiger partial charge on any atom is -0.393 e. The Labute approximate surface area is 124 Å². The molecule has 3 nitrogen and oxygen atoms in total. The Bertz CT molecular complexity index is 482. The minimum atomic E-state index is -0.866. The average Bonchev–Trinajstić information content (AvgIpc) is 2.39. The molecule has 0 saturated carbocycles. The van der Waals surface area contributed by atoms with Crippen LogP contribution in [-0.2, 0) is 22.8 Å². The van der Waals surface area contributed by atoms with Gasteiger partial charge in [0.05, 0.1) is 11.5 Å². The molecule has 1 aliphatic rings. The summed E-state index contributed by atoms with van der Waals surface area (Å²) in [7, 11) is -0.866. The van der Waals surface area contributed by atoms with E-state index in [1.807, 2.05) is 0 Å². The molecule has 1 saturated heterocycles. The van der Waals surface area contributed by atoms with Crippen LogP contribution in [0.1, 0.15) is 44.7 Å². The summed E-state index contributed by atoms with van der Waals surface area (Å²) in [5.41, 5.74) is 2.65. The summed E-state index contributed by atoms with van der Waals surface area (Å²) in [5.74, 6) is 0.598. The summed E-state index contributed by atoms with van der Waals surface area (Å²) in [6, 6.07) is 8.51. The van der Waals surface area contributed by atoms with Gasteiger partial charge in [0.1, 0.15) is 0 Å². The molecule has 3 unspecified atom stereocenters. The Kier molecular flexibility index (Phi) is 4.99. The lowest BCUT2D eigenvalue weighted by atomic mass is 9.86. The van der Waals surface area contributed by atoms with E-state index in [2.05, 4.69) is 50.4 Å². The smallest absolute Gasteiger partial charge is 0.0862 e. The second-order valence-electron chi connectivity index (χ2n) is 6.58. The third kappa shape index (κ3) is 4.14. The summed E-state index contributed by atoms with van der Waals surface area (Å²) < 4.78 is 11.9. The van der Waals surface area contributed by atoms with E-state index in [1.54, 1.807) is 0 Å². The molecule has 3 atom stereocenters. The highest BCUT2D eigenvalue weighted by Gasteiger charge is 2.25.